The summed E-state index contributed by atoms with van der Waals surface area (Å²) in [5.41, 5.74) is 2.86. The van der Waals surface area contributed by atoms with E-state index in [9.17, 15) is 0 Å². The fourth-order valence-corrected chi connectivity index (χ4v) is 1.94. The molecule has 0 aliphatic carbocycles. The van der Waals surface area contributed by atoms with Crippen molar-refractivity contribution in [3.8, 4) is 0 Å². The lowest BCUT2D eigenvalue weighted by atomic mass is 10.2. The third-order valence-electron chi connectivity index (χ3n) is 2.73. The second kappa shape index (κ2) is 3.59. The van der Waals surface area contributed by atoms with Crippen molar-refractivity contribution in [2.45, 2.75) is 18.9 Å². The molecule has 0 saturated carbocycles. The second-order valence-electron chi connectivity index (χ2n) is 3.79. The van der Waals surface area contributed by atoms with Gasteiger partial charge >= 0.3 is 0 Å². The zero-order chi connectivity index (χ0) is 10.1. The quantitative estimate of drug-likeness (QED) is 0.709. The predicted octanol–water partition coefficient (Wildman–Crippen LogP) is 2.48. The molecule has 2 heterocycles. The van der Waals surface area contributed by atoms with Crippen LogP contribution in [0.5, 0.6) is 0 Å². The number of nitrogens with zero attached hydrogens (tertiary/aromatic N) is 2. The van der Waals surface area contributed by atoms with Gasteiger partial charge in [0, 0.05) is 6.61 Å². The van der Waals surface area contributed by atoms with Crippen LogP contribution in [0.4, 0.5) is 0 Å². The SMILES string of the molecule is c1ccc2nc(C3CCCO3)cnc2c1. The average Bonchev–Trinajstić information content (AvgIpc) is 2.82. The minimum Gasteiger partial charge on any atom is -0.372 e. The fraction of sp³-hybridized carbons (Fsp3) is 0.333. The van der Waals surface area contributed by atoms with Crippen LogP contribution in [0.25, 0.3) is 11.0 Å². The van der Waals surface area contributed by atoms with Gasteiger partial charge in [-0.2, -0.15) is 0 Å². The molecule has 1 saturated heterocycles. The van der Waals surface area contributed by atoms with E-state index in [0.29, 0.717) is 0 Å². The molecule has 76 valence electrons. The first-order valence-electron chi connectivity index (χ1n) is 5.27. The number of ether oxygens (including phenoxy) is 1. The molecule has 0 radical (unpaired) electrons. The molecule has 0 N–H and O–H groups in total. The summed E-state index contributed by atoms with van der Waals surface area (Å²) in [7, 11) is 0. The molecule has 1 aromatic heterocycles. The maximum atomic E-state index is 5.59. The Bertz CT molecular complexity index is 478. The Balaban J connectivity index is 2.05. The summed E-state index contributed by atoms with van der Waals surface area (Å²) in [6, 6.07) is 7.92. The Morgan fingerprint density at radius 3 is 2.87 bits per heavy atom. The van der Waals surface area contributed by atoms with Gasteiger partial charge in [-0.25, -0.2) is 4.98 Å². The molecule has 1 atom stereocenters. The third kappa shape index (κ3) is 1.59. The first-order valence-corrected chi connectivity index (χ1v) is 5.27. The topological polar surface area (TPSA) is 35.0 Å². The molecule has 1 aliphatic rings. The van der Waals surface area contributed by atoms with Gasteiger partial charge in [0.05, 0.1) is 22.9 Å². The van der Waals surface area contributed by atoms with Crippen molar-refractivity contribution in [3.05, 3.63) is 36.2 Å². The Kier molecular flexibility index (Phi) is 2.10. The van der Waals surface area contributed by atoms with Crippen LogP contribution in [0, 0.1) is 0 Å². The van der Waals surface area contributed by atoms with Crippen molar-refractivity contribution >= 4 is 11.0 Å². The van der Waals surface area contributed by atoms with E-state index in [4.69, 9.17) is 4.74 Å². The van der Waals surface area contributed by atoms with E-state index < -0.39 is 0 Å². The number of rotatable bonds is 1. The summed E-state index contributed by atoms with van der Waals surface area (Å²) in [6.45, 7) is 0.846. The molecule has 0 spiro atoms. The maximum absolute atomic E-state index is 5.59. The van der Waals surface area contributed by atoms with Gasteiger partial charge in [-0.15, -0.1) is 0 Å². The highest BCUT2D eigenvalue weighted by atomic mass is 16.5. The number of hydrogen-bond donors (Lipinski definition) is 0. The minimum absolute atomic E-state index is 0.155. The van der Waals surface area contributed by atoms with Gasteiger partial charge in [0.15, 0.2) is 0 Å². The van der Waals surface area contributed by atoms with Crippen LogP contribution >= 0.6 is 0 Å². The molecule has 3 nitrogen and oxygen atoms in total. The van der Waals surface area contributed by atoms with Gasteiger partial charge in [-0.3, -0.25) is 4.98 Å². The monoisotopic (exact) mass is 200 g/mol. The van der Waals surface area contributed by atoms with Crippen LogP contribution < -0.4 is 0 Å². The largest absolute Gasteiger partial charge is 0.372 e. The number of hydrogen-bond acceptors (Lipinski definition) is 3. The van der Waals surface area contributed by atoms with Gasteiger partial charge < -0.3 is 4.74 Å². The van der Waals surface area contributed by atoms with E-state index in [2.05, 4.69) is 9.97 Å². The molecule has 0 bridgehead atoms. The van der Waals surface area contributed by atoms with Gasteiger partial charge in [0.1, 0.15) is 6.10 Å². The normalized spacial score (nSPS) is 20.9. The van der Waals surface area contributed by atoms with E-state index in [1.54, 1.807) is 0 Å². The zero-order valence-electron chi connectivity index (χ0n) is 8.39. The van der Waals surface area contributed by atoms with Crippen molar-refractivity contribution in [2.24, 2.45) is 0 Å². The van der Waals surface area contributed by atoms with Crippen molar-refractivity contribution in [1.29, 1.82) is 0 Å². The Hall–Kier alpha value is -1.48. The number of para-hydroxylation sites is 2. The van der Waals surface area contributed by atoms with E-state index in [0.717, 1.165) is 36.2 Å². The van der Waals surface area contributed by atoms with Crippen molar-refractivity contribution in [1.82, 2.24) is 9.97 Å². The molecule has 15 heavy (non-hydrogen) atoms. The summed E-state index contributed by atoms with van der Waals surface area (Å²) >= 11 is 0. The van der Waals surface area contributed by atoms with Gasteiger partial charge in [-0.1, -0.05) is 12.1 Å². The van der Waals surface area contributed by atoms with Crippen LogP contribution in [0.1, 0.15) is 24.6 Å². The van der Waals surface area contributed by atoms with Crippen molar-refractivity contribution < 1.29 is 4.74 Å². The van der Waals surface area contributed by atoms with Crippen LogP contribution in [0.15, 0.2) is 30.5 Å². The molecule has 1 fully saturated rings. The summed E-state index contributed by atoms with van der Waals surface area (Å²) in [5.74, 6) is 0. The third-order valence-corrected chi connectivity index (χ3v) is 2.73. The first-order chi connectivity index (χ1) is 7.43. The predicted molar refractivity (Wildman–Crippen MR) is 57.5 cm³/mol. The summed E-state index contributed by atoms with van der Waals surface area (Å²) < 4.78 is 5.59. The van der Waals surface area contributed by atoms with Gasteiger partial charge in [-0.05, 0) is 25.0 Å². The van der Waals surface area contributed by atoms with Gasteiger partial charge in [0.25, 0.3) is 0 Å². The lowest BCUT2D eigenvalue weighted by molar-refractivity contribution is 0.108. The molecule has 0 amide bonds. The van der Waals surface area contributed by atoms with Crippen LogP contribution in [-0.2, 0) is 4.74 Å². The molecule has 3 heteroatoms. The summed E-state index contributed by atoms with van der Waals surface area (Å²) in [5, 5.41) is 0. The molecule has 2 aromatic rings. The standard InChI is InChI=1S/C12H12N2O/c1-2-5-10-9(4-1)13-8-11(14-10)12-6-3-7-15-12/h1-2,4-5,8,12H,3,6-7H2. The molecule has 1 aromatic carbocycles. The summed E-state index contributed by atoms with van der Waals surface area (Å²) in [4.78, 5) is 8.95. The van der Waals surface area contributed by atoms with Crippen molar-refractivity contribution in [3.63, 3.8) is 0 Å². The molecule has 3 rings (SSSR count). The smallest absolute Gasteiger partial charge is 0.101 e. The molecular weight excluding hydrogens is 188 g/mol. The highest BCUT2D eigenvalue weighted by Crippen LogP contribution is 2.27. The fourth-order valence-electron chi connectivity index (χ4n) is 1.94. The number of aromatic nitrogens is 2. The lowest BCUT2D eigenvalue weighted by Gasteiger charge is -2.08. The average molecular weight is 200 g/mol. The maximum Gasteiger partial charge on any atom is 0.101 e. The number of benzene rings is 1. The molecular formula is C12H12N2O. The van der Waals surface area contributed by atoms with Crippen LogP contribution in [0.2, 0.25) is 0 Å². The van der Waals surface area contributed by atoms with Crippen LogP contribution in [-0.4, -0.2) is 16.6 Å². The summed E-state index contributed by atoms with van der Waals surface area (Å²) in [6.07, 6.45) is 4.17. The Morgan fingerprint density at radius 1 is 1.20 bits per heavy atom. The van der Waals surface area contributed by atoms with E-state index in [1.807, 2.05) is 30.5 Å². The van der Waals surface area contributed by atoms with E-state index in [-0.39, 0.29) is 6.10 Å². The minimum atomic E-state index is 0.155. The lowest BCUT2D eigenvalue weighted by Crippen LogP contribution is -2.00. The first kappa shape index (κ1) is 8.80. The highest BCUT2D eigenvalue weighted by Gasteiger charge is 2.19. The van der Waals surface area contributed by atoms with Crippen molar-refractivity contribution in [2.75, 3.05) is 6.61 Å². The highest BCUT2D eigenvalue weighted by molar-refractivity contribution is 5.73. The van der Waals surface area contributed by atoms with Crippen LogP contribution in [0.3, 0.4) is 0 Å². The number of fused-ring (bicyclic) bond motifs is 1. The molecule has 1 aliphatic heterocycles. The Morgan fingerprint density at radius 2 is 2.07 bits per heavy atom. The van der Waals surface area contributed by atoms with Gasteiger partial charge in [0.2, 0.25) is 0 Å². The van der Waals surface area contributed by atoms with E-state index >= 15 is 0 Å². The van der Waals surface area contributed by atoms with E-state index in [1.165, 1.54) is 0 Å². The Labute approximate surface area is 88.1 Å². The molecule has 1 unspecified atom stereocenters. The zero-order valence-corrected chi connectivity index (χ0v) is 8.39. The second-order valence-corrected chi connectivity index (χ2v) is 3.79.